The zero-order valence-corrected chi connectivity index (χ0v) is 7.00. The molecule has 1 amide bonds. The highest BCUT2D eigenvalue weighted by Crippen LogP contribution is 2.26. The van der Waals surface area contributed by atoms with Gasteiger partial charge in [0.05, 0.1) is 6.54 Å². The Morgan fingerprint density at radius 2 is 2.23 bits per heavy atom. The third kappa shape index (κ3) is 1.26. The summed E-state index contributed by atoms with van der Waals surface area (Å²) in [4.78, 5) is 21.1. The van der Waals surface area contributed by atoms with Crippen LogP contribution in [0.5, 0.6) is 0 Å². The molecule has 0 aromatic carbocycles. The van der Waals surface area contributed by atoms with Crippen LogP contribution in [0.15, 0.2) is 0 Å². The van der Waals surface area contributed by atoms with Crippen molar-refractivity contribution in [3.63, 3.8) is 0 Å². The lowest BCUT2D eigenvalue weighted by molar-refractivity contribution is -0.162. The minimum atomic E-state index is -4.46. The lowest BCUT2D eigenvalue weighted by Gasteiger charge is -2.32. The standard InChI is InChI=1S/C4H6N2O6S/c5-1-2(7)6-4(9)3(8)12-13(4,10)11/h9H,1,5H2,(H,6,7). The van der Waals surface area contributed by atoms with Crippen molar-refractivity contribution in [3.05, 3.63) is 0 Å². The van der Waals surface area contributed by atoms with Crippen molar-refractivity contribution in [1.29, 1.82) is 0 Å². The van der Waals surface area contributed by atoms with Crippen LogP contribution < -0.4 is 11.1 Å². The molecule has 0 aromatic rings. The Bertz CT molecular complexity index is 361. The molecule has 1 aliphatic heterocycles. The summed E-state index contributed by atoms with van der Waals surface area (Å²) in [6.07, 6.45) is 0. The van der Waals surface area contributed by atoms with Gasteiger partial charge in [-0.05, 0) is 0 Å². The molecule has 1 unspecified atom stereocenters. The average molecular weight is 210 g/mol. The second-order valence-electron chi connectivity index (χ2n) is 2.22. The van der Waals surface area contributed by atoms with Crippen molar-refractivity contribution in [2.24, 2.45) is 5.73 Å². The Morgan fingerprint density at radius 1 is 1.69 bits per heavy atom. The molecule has 1 atom stereocenters. The van der Waals surface area contributed by atoms with E-state index in [1.165, 1.54) is 5.32 Å². The monoisotopic (exact) mass is 210 g/mol. The molecule has 1 fully saturated rings. The van der Waals surface area contributed by atoms with Crippen molar-refractivity contribution < 1.29 is 27.3 Å². The summed E-state index contributed by atoms with van der Waals surface area (Å²) in [6, 6.07) is 0. The number of rotatable bonds is 2. The van der Waals surface area contributed by atoms with Crippen molar-refractivity contribution in [2.45, 2.75) is 5.06 Å². The number of hydrogen-bond donors (Lipinski definition) is 3. The Labute approximate surface area is 72.8 Å². The molecule has 0 bridgehead atoms. The number of carbonyl (C=O) groups is 2. The van der Waals surface area contributed by atoms with Gasteiger partial charge in [0.25, 0.3) is 0 Å². The molecule has 1 heterocycles. The zero-order chi connectivity index (χ0) is 10.3. The number of nitrogens with two attached hydrogens (primary N) is 1. The smallest absolute Gasteiger partial charge is 0.347 e. The molecule has 0 saturated carbocycles. The maximum absolute atomic E-state index is 10.7. The molecular weight excluding hydrogens is 204 g/mol. The van der Waals surface area contributed by atoms with Crippen molar-refractivity contribution in [2.75, 3.05) is 6.54 Å². The number of carbonyl (C=O) groups excluding carboxylic acids is 2. The summed E-state index contributed by atoms with van der Waals surface area (Å²) in [6.45, 7) is -0.550. The van der Waals surface area contributed by atoms with E-state index in [1.54, 1.807) is 0 Å². The van der Waals surface area contributed by atoms with E-state index in [1.807, 2.05) is 0 Å². The molecule has 1 rings (SSSR count). The van der Waals surface area contributed by atoms with Crippen LogP contribution in [-0.4, -0.2) is 37.0 Å². The van der Waals surface area contributed by atoms with Gasteiger partial charge in [0.1, 0.15) is 0 Å². The second kappa shape index (κ2) is 2.65. The van der Waals surface area contributed by atoms with Crippen LogP contribution in [0.1, 0.15) is 0 Å². The Morgan fingerprint density at radius 3 is 2.54 bits per heavy atom. The summed E-state index contributed by atoms with van der Waals surface area (Å²) >= 11 is 0. The van der Waals surface area contributed by atoms with Crippen molar-refractivity contribution in [1.82, 2.24) is 5.32 Å². The maximum Gasteiger partial charge on any atom is 0.396 e. The molecule has 1 saturated heterocycles. The first-order valence-electron chi connectivity index (χ1n) is 3.05. The summed E-state index contributed by atoms with van der Waals surface area (Å²) in [5.41, 5.74) is 4.82. The number of nitrogens with one attached hydrogen (secondary N) is 1. The van der Waals surface area contributed by atoms with Crippen LogP contribution in [0.25, 0.3) is 0 Å². The van der Waals surface area contributed by atoms with E-state index < -0.39 is 33.6 Å². The van der Waals surface area contributed by atoms with E-state index >= 15 is 0 Å². The lowest BCUT2D eigenvalue weighted by Crippen LogP contribution is -2.69. The van der Waals surface area contributed by atoms with Gasteiger partial charge in [0, 0.05) is 0 Å². The van der Waals surface area contributed by atoms with Crippen LogP contribution in [0, 0.1) is 0 Å². The number of hydrogen-bond acceptors (Lipinski definition) is 7. The van der Waals surface area contributed by atoms with Crippen LogP contribution in [0.4, 0.5) is 0 Å². The van der Waals surface area contributed by atoms with Gasteiger partial charge >= 0.3 is 21.1 Å². The maximum atomic E-state index is 10.7. The van der Waals surface area contributed by atoms with Crippen LogP contribution in [0.3, 0.4) is 0 Å². The Kier molecular flexibility index (Phi) is 2.02. The highest BCUT2D eigenvalue weighted by molar-refractivity contribution is 7.91. The summed E-state index contributed by atoms with van der Waals surface area (Å²) in [5, 5.41) is 7.60. The van der Waals surface area contributed by atoms with Crippen molar-refractivity contribution in [3.8, 4) is 0 Å². The molecule has 1 aliphatic rings. The molecule has 9 heteroatoms. The van der Waals surface area contributed by atoms with Gasteiger partial charge in [-0.25, -0.2) is 4.79 Å². The largest absolute Gasteiger partial charge is 0.396 e. The Hall–Kier alpha value is -1.19. The van der Waals surface area contributed by atoms with Gasteiger partial charge in [-0.3, -0.25) is 4.79 Å². The highest BCUT2D eigenvalue weighted by Gasteiger charge is 2.65. The molecule has 0 aliphatic carbocycles. The van der Waals surface area contributed by atoms with E-state index in [0.717, 1.165) is 0 Å². The van der Waals surface area contributed by atoms with Crippen LogP contribution >= 0.6 is 0 Å². The third-order valence-corrected chi connectivity index (χ3v) is 2.68. The second-order valence-corrected chi connectivity index (χ2v) is 3.89. The minimum Gasteiger partial charge on any atom is -0.347 e. The summed E-state index contributed by atoms with van der Waals surface area (Å²) in [7, 11) is -4.46. The quantitative estimate of drug-likeness (QED) is 0.319. The molecule has 8 nitrogen and oxygen atoms in total. The third-order valence-electron chi connectivity index (χ3n) is 1.32. The van der Waals surface area contributed by atoms with E-state index in [9.17, 15) is 18.0 Å². The fourth-order valence-electron chi connectivity index (χ4n) is 0.638. The van der Waals surface area contributed by atoms with E-state index in [2.05, 4.69) is 4.18 Å². The van der Waals surface area contributed by atoms with E-state index in [4.69, 9.17) is 10.8 Å². The molecule has 0 spiro atoms. The van der Waals surface area contributed by atoms with Crippen molar-refractivity contribution >= 4 is 22.0 Å². The SMILES string of the molecule is NCC(=O)NC1(O)C(=O)OS1(=O)=O. The van der Waals surface area contributed by atoms with Gasteiger partial charge in [-0.2, -0.15) is 8.42 Å². The zero-order valence-electron chi connectivity index (χ0n) is 6.18. The number of amides is 1. The Balaban J connectivity index is 2.88. The van der Waals surface area contributed by atoms with Crippen LogP contribution in [-0.2, 0) is 23.9 Å². The fraction of sp³-hybridized carbons (Fsp3) is 0.500. The number of aliphatic hydroxyl groups is 1. The normalized spacial score (nSPS) is 30.2. The molecule has 0 aromatic heterocycles. The minimum absolute atomic E-state index is 0.550. The lowest BCUT2D eigenvalue weighted by atomic mass is 10.5. The van der Waals surface area contributed by atoms with Gasteiger partial charge in [0.15, 0.2) is 0 Å². The topological polar surface area (TPSA) is 136 Å². The predicted molar refractivity (Wildman–Crippen MR) is 37.2 cm³/mol. The van der Waals surface area contributed by atoms with E-state index in [-0.39, 0.29) is 0 Å². The summed E-state index contributed by atoms with van der Waals surface area (Å²) < 4.78 is 24.9. The van der Waals surface area contributed by atoms with Gasteiger partial charge in [-0.15, -0.1) is 0 Å². The van der Waals surface area contributed by atoms with Crippen LogP contribution in [0.2, 0.25) is 0 Å². The molecule has 4 N–H and O–H groups in total. The summed E-state index contributed by atoms with van der Waals surface area (Å²) in [5.74, 6) is -2.43. The molecule has 0 radical (unpaired) electrons. The molecule has 74 valence electrons. The average Bonchev–Trinajstić information content (AvgIpc) is 2.03. The molecule has 13 heavy (non-hydrogen) atoms. The fourth-order valence-corrected chi connectivity index (χ4v) is 1.45. The first kappa shape index (κ1) is 9.89. The van der Waals surface area contributed by atoms with Gasteiger partial charge in [0.2, 0.25) is 5.91 Å². The predicted octanol–water partition coefficient (Wildman–Crippen LogP) is -3.41. The first-order chi connectivity index (χ1) is 5.83. The van der Waals surface area contributed by atoms with Gasteiger partial charge < -0.3 is 20.3 Å². The van der Waals surface area contributed by atoms with Gasteiger partial charge in [-0.1, -0.05) is 0 Å². The highest BCUT2D eigenvalue weighted by atomic mass is 32.2. The molecular formula is C4H6N2O6S. The van der Waals surface area contributed by atoms with E-state index in [0.29, 0.717) is 0 Å². The first-order valence-corrected chi connectivity index (χ1v) is 4.46.